The fourth-order valence-electron chi connectivity index (χ4n) is 4.92. The van der Waals surface area contributed by atoms with E-state index in [-0.39, 0.29) is 17.2 Å². The Bertz CT molecular complexity index is 599. The largest absolute Gasteiger partial charge is 0.353 e. The number of amides is 1. The zero-order chi connectivity index (χ0) is 19.3. The van der Waals surface area contributed by atoms with Crippen LogP contribution in [0.2, 0.25) is 0 Å². The van der Waals surface area contributed by atoms with Gasteiger partial charge in [0.2, 0.25) is 15.9 Å². The van der Waals surface area contributed by atoms with Gasteiger partial charge in [0.05, 0.1) is 5.75 Å². The van der Waals surface area contributed by atoms with Crippen molar-refractivity contribution in [2.45, 2.75) is 69.9 Å². The van der Waals surface area contributed by atoms with E-state index in [1.54, 1.807) is 0 Å². The summed E-state index contributed by atoms with van der Waals surface area (Å²) in [5.74, 6) is 2.38. The van der Waals surface area contributed by atoms with Crippen LogP contribution in [0, 0.1) is 0 Å². The van der Waals surface area contributed by atoms with Crippen LogP contribution in [0.5, 0.6) is 0 Å². The standard InChI is InChI=1S/C19H35N3O3S2/c1-2-15-27(24,25)22-10-6-3-7-17(22)18(23)20-16-19(8-4-5-9-19)21-11-13-26-14-12-21/h17H,2-16H2,1H3,(H,20,23). The fraction of sp³-hybridized carbons (Fsp3) is 0.947. The summed E-state index contributed by atoms with van der Waals surface area (Å²) >= 11 is 2.01. The summed E-state index contributed by atoms with van der Waals surface area (Å²) in [6, 6.07) is -0.523. The van der Waals surface area contributed by atoms with Crippen LogP contribution >= 0.6 is 11.8 Å². The number of hydrogen-bond donors (Lipinski definition) is 1. The maximum absolute atomic E-state index is 13.0. The molecule has 3 fully saturated rings. The Labute approximate surface area is 168 Å². The Balaban J connectivity index is 1.65. The van der Waals surface area contributed by atoms with Crippen LogP contribution in [0.15, 0.2) is 0 Å². The molecule has 0 aromatic rings. The number of carbonyl (C=O) groups is 1. The molecule has 1 aliphatic carbocycles. The zero-order valence-electron chi connectivity index (χ0n) is 16.6. The molecule has 1 N–H and O–H groups in total. The van der Waals surface area contributed by atoms with E-state index in [1.807, 2.05) is 18.7 Å². The summed E-state index contributed by atoms with van der Waals surface area (Å²) in [7, 11) is -3.34. The Morgan fingerprint density at radius 3 is 2.48 bits per heavy atom. The van der Waals surface area contributed by atoms with Crippen LogP contribution in [-0.4, -0.2) is 78.5 Å². The van der Waals surface area contributed by atoms with Gasteiger partial charge >= 0.3 is 0 Å². The van der Waals surface area contributed by atoms with Crippen LogP contribution in [-0.2, 0) is 14.8 Å². The number of nitrogens with zero attached hydrogens (tertiary/aromatic N) is 2. The van der Waals surface area contributed by atoms with Crippen molar-refractivity contribution in [2.24, 2.45) is 0 Å². The average molecular weight is 418 g/mol. The van der Waals surface area contributed by atoms with Gasteiger partial charge in [-0.15, -0.1) is 0 Å². The van der Waals surface area contributed by atoms with E-state index in [4.69, 9.17) is 0 Å². The molecule has 0 bridgehead atoms. The van der Waals surface area contributed by atoms with Crippen molar-refractivity contribution >= 4 is 27.7 Å². The van der Waals surface area contributed by atoms with Gasteiger partial charge < -0.3 is 5.32 Å². The SMILES string of the molecule is CCCS(=O)(=O)N1CCCCC1C(=O)NCC1(N2CCSCC2)CCCC1. The van der Waals surface area contributed by atoms with E-state index < -0.39 is 16.1 Å². The van der Waals surface area contributed by atoms with Gasteiger partial charge in [0, 0.05) is 43.2 Å². The van der Waals surface area contributed by atoms with Crippen LogP contribution in [0.4, 0.5) is 0 Å². The molecule has 156 valence electrons. The molecule has 27 heavy (non-hydrogen) atoms. The molecule has 3 rings (SSSR count). The number of carbonyl (C=O) groups excluding carboxylic acids is 1. The number of thioether (sulfide) groups is 1. The van der Waals surface area contributed by atoms with E-state index in [1.165, 1.54) is 28.7 Å². The lowest BCUT2D eigenvalue weighted by atomic mass is 9.94. The van der Waals surface area contributed by atoms with Gasteiger partial charge in [-0.05, 0) is 32.1 Å². The van der Waals surface area contributed by atoms with E-state index >= 15 is 0 Å². The number of hydrogen-bond acceptors (Lipinski definition) is 5. The van der Waals surface area contributed by atoms with Crippen LogP contribution in [0.1, 0.15) is 58.3 Å². The van der Waals surface area contributed by atoms with E-state index in [9.17, 15) is 13.2 Å². The summed E-state index contributed by atoms with van der Waals surface area (Å²) < 4.78 is 26.7. The molecule has 1 saturated carbocycles. The van der Waals surface area contributed by atoms with Crippen molar-refractivity contribution in [3.63, 3.8) is 0 Å². The minimum atomic E-state index is -3.34. The minimum Gasteiger partial charge on any atom is -0.353 e. The number of nitrogens with one attached hydrogen (secondary N) is 1. The average Bonchev–Trinajstić information content (AvgIpc) is 3.17. The third kappa shape index (κ3) is 5.00. The lowest BCUT2D eigenvalue weighted by molar-refractivity contribution is -0.126. The maximum Gasteiger partial charge on any atom is 0.238 e. The predicted molar refractivity (Wildman–Crippen MR) is 112 cm³/mol. The van der Waals surface area contributed by atoms with Crippen molar-refractivity contribution < 1.29 is 13.2 Å². The second kappa shape index (κ2) is 9.46. The molecule has 1 unspecified atom stereocenters. The van der Waals surface area contributed by atoms with E-state index in [0.717, 1.165) is 38.8 Å². The summed E-state index contributed by atoms with van der Waals surface area (Å²) in [4.78, 5) is 15.6. The molecule has 1 amide bonds. The van der Waals surface area contributed by atoms with Crippen molar-refractivity contribution in [3.05, 3.63) is 0 Å². The summed E-state index contributed by atoms with van der Waals surface area (Å²) in [6.07, 6.45) is 7.72. The lowest BCUT2D eigenvalue weighted by Gasteiger charge is -2.44. The highest BCUT2D eigenvalue weighted by molar-refractivity contribution is 7.99. The molecule has 0 spiro atoms. The van der Waals surface area contributed by atoms with Crippen LogP contribution in [0.25, 0.3) is 0 Å². The van der Waals surface area contributed by atoms with Gasteiger partial charge in [-0.3, -0.25) is 9.69 Å². The third-order valence-corrected chi connectivity index (χ3v) is 9.40. The summed E-state index contributed by atoms with van der Waals surface area (Å²) in [6.45, 7) is 5.21. The predicted octanol–water partition coefficient (Wildman–Crippen LogP) is 2.06. The molecule has 8 heteroatoms. The zero-order valence-corrected chi connectivity index (χ0v) is 18.3. The molecule has 6 nitrogen and oxygen atoms in total. The van der Waals surface area contributed by atoms with Gasteiger partial charge in [-0.1, -0.05) is 26.2 Å². The number of sulfonamides is 1. The maximum atomic E-state index is 13.0. The molecular weight excluding hydrogens is 382 g/mol. The highest BCUT2D eigenvalue weighted by Crippen LogP contribution is 2.36. The van der Waals surface area contributed by atoms with Gasteiger partial charge in [0.1, 0.15) is 6.04 Å². The second-order valence-corrected chi connectivity index (χ2v) is 11.5. The highest BCUT2D eigenvalue weighted by atomic mass is 32.2. The topological polar surface area (TPSA) is 69.7 Å². The molecule has 2 heterocycles. The molecule has 0 aromatic carbocycles. The molecule has 0 radical (unpaired) electrons. The Morgan fingerprint density at radius 2 is 1.81 bits per heavy atom. The summed E-state index contributed by atoms with van der Waals surface area (Å²) in [5, 5.41) is 3.18. The summed E-state index contributed by atoms with van der Waals surface area (Å²) in [5.41, 5.74) is 0.0818. The molecule has 2 aliphatic heterocycles. The van der Waals surface area contributed by atoms with Crippen LogP contribution < -0.4 is 5.32 Å². The van der Waals surface area contributed by atoms with E-state index in [2.05, 4.69) is 10.2 Å². The van der Waals surface area contributed by atoms with Crippen molar-refractivity contribution in [3.8, 4) is 0 Å². The highest BCUT2D eigenvalue weighted by Gasteiger charge is 2.42. The van der Waals surface area contributed by atoms with Crippen molar-refractivity contribution in [2.75, 3.05) is 43.4 Å². The first-order chi connectivity index (χ1) is 13.0. The number of piperidine rings is 1. The fourth-order valence-corrected chi connectivity index (χ4v) is 7.57. The van der Waals surface area contributed by atoms with E-state index in [0.29, 0.717) is 25.9 Å². The third-order valence-electron chi connectivity index (χ3n) is 6.38. The Hall–Kier alpha value is -0.310. The molecular formula is C19H35N3O3S2. The van der Waals surface area contributed by atoms with Gasteiger partial charge in [0.25, 0.3) is 0 Å². The first-order valence-corrected chi connectivity index (χ1v) is 13.3. The quantitative estimate of drug-likeness (QED) is 0.687. The lowest BCUT2D eigenvalue weighted by Crippen LogP contribution is -2.59. The van der Waals surface area contributed by atoms with Crippen LogP contribution in [0.3, 0.4) is 0 Å². The Kier molecular flexibility index (Phi) is 7.50. The minimum absolute atomic E-state index is 0.0818. The second-order valence-electron chi connectivity index (χ2n) is 8.19. The first kappa shape index (κ1) is 21.4. The van der Waals surface area contributed by atoms with Crippen molar-refractivity contribution in [1.29, 1.82) is 0 Å². The molecule has 0 aromatic heterocycles. The normalized spacial score (nSPS) is 27.5. The molecule has 3 aliphatic rings. The number of rotatable bonds is 7. The van der Waals surface area contributed by atoms with Crippen molar-refractivity contribution in [1.82, 2.24) is 14.5 Å². The van der Waals surface area contributed by atoms with Gasteiger partial charge in [0.15, 0.2) is 0 Å². The first-order valence-electron chi connectivity index (χ1n) is 10.6. The Morgan fingerprint density at radius 1 is 1.11 bits per heavy atom. The molecule has 2 saturated heterocycles. The van der Waals surface area contributed by atoms with Gasteiger partial charge in [-0.25, -0.2) is 8.42 Å². The smallest absolute Gasteiger partial charge is 0.238 e. The molecule has 1 atom stereocenters. The monoisotopic (exact) mass is 417 g/mol. The van der Waals surface area contributed by atoms with Gasteiger partial charge in [-0.2, -0.15) is 16.1 Å².